The first-order chi connectivity index (χ1) is 8.79. The van der Waals surface area contributed by atoms with Gasteiger partial charge in [-0.15, -0.1) is 0 Å². The Kier molecular flexibility index (Phi) is 4.36. The number of hydrogen-bond donors (Lipinski definition) is 1. The third-order valence-corrected chi connectivity index (χ3v) is 2.79. The summed E-state index contributed by atoms with van der Waals surface area (Å²) in [7, 11) is 0. The third kappa shape index (κ3) is 3.34. The molecule has 1 unspecified atom stereocenters. The van der Waals surface area contributed by atoms with E-state index in [-0.39, 0.29) is 6.04 Å². The van der Waals surface area contributed by atoms with Crippen LogP contribution < -0.4 is 10.5 Å². The molecule has 2 rings (SSSR count). The monoisotopic (exact) mass is 245 g/mol. The molecule has 1 heterocycles. The predicted octanol–water partition coefficient (Wildman–Crippen LogP) is 1.85. The molecule has 1 atom stereocenters. The zero-order chi connectivity index (χ0) is 12.8. The molecule has 18 heavy (non-hydrogen) atoms. The second-order valence-corrected chi connectivity index (χ2v) is 4.22. The molecule has 0 fully saturated rings. The molecule has 0 saturated carbocycles. The molecule has 0 aliphatic carbocycles. The lowest BCUT2D eigenvalue weighted by Crippen LogP contribution is -2.31. The Morgan fingerprint density at radius 3 is 2.83 bits per heavy atom. The van der Waals surface area contributed by atoms with Gasteiger partial charge in [0, 0.05) is 31.4 Å². The SMILES string of the molecule is CCn1ccnc1CC(N)COc1ccccc1. The summed E-state index contributed by atoms with van der Waals surface area (Å²) in [5.41, 5.74) is 6.06. The molecule has 0 bridgehead atoms. The quantitative estimate of drug-likeness (QED) is 0.845. The van der Waals surface area contributed by atoms with E-state index in [0.717, 1.165) is 24.5 Å². The van der Waals surface area contributed by atoms with Crippen LogP contribution in [-0.4, -0.2) is 22.2 Å². The molecular formula is C14H19N3O. The Bertz CT molecular complexity index is 467. The van der Waals surface area contributed by atoms with E-state index in [2.05, 4.69) is 16.5 Å². The summed E-state index contributed by atoms with van der Waals surface area (Å²) >= 11 is 0. The van der Waals surface area contributed by atoms with Crippen molar-refractivity contribution in [3.05, 3.63) is 48.5 Å². The number of imidazole rings is 1. The number of aromatic nitrogens is 2. The van der Waals surface area contributed by atoms with E-state index in [1.54, 1.807) is 0 Å². The van der Waals surface area contributed by atoms with E-state index in [4.69, 9.17) is 10.5 Å². The second kappa shape index (κ2) is 6.21. The first kappa shape index (κ1) is 12.6. The molecule has 0 aliphatic heterocycles. The molecule has 2 aromatic rings. The molecule has 0 radical (unpaired) electrons. The zero-order valence-electron chi connectivity index (χ0n) is 10.6. The van der Waals surface area contributed by atoms with E-state index in [0.29, 0.717) is 6.61 Å². The molecule has 4 heteroatoms. The molecule has 1 aromatic carbocycles. The molecule has 96 valence electrons. The Morgan fingerprint density at radius 2 is 2.11 bits per heavy atom. The average Bonchev–Trinajstić information content (AvgIpc) is 2.85. The number of nitrogens with zero attached hydrogens (tertiary/aromatic N) is 2. The van der Waals surface area contributed by atoms with Crippen LogP contribution in [0.2, 0.25) is 0 Å². The van der Waals surface area contributed by atoms with Gasteiger partial charge in [0.15, 0.2) is 0 Å². The lowest BCUT2D eigenvalue weighted by atomic mass is 10.2. The standard InChI is InChI=1S/C14H19N3O/c1-2-17-9-8-16-14(17)10-12(15)11-18-13-6-4-3-5-7-13/h3-9,12H,2,10-11,15H2,1H3. The minimum absolute atomic E-state index is 0.0436. The minimum Gasteiger partial charge on any atom is -0.492 e. The van der Waals surface area contributed by atoms with Crippen molar-refractivity contribution < 1.29 is 4.74 Å². The van der Waals surface area contributed by atoms with Crippen molar-refractivity contribution in [3.63, 3.8) is 0 Å². The van der Waals surface area contributed by atoms with E-state index in [1.165, 1.54) is 0 Å². The first-order valence-electron chi connectivity index (χ1n) is 6.23. The highest BCUT2D eigenvalue weighted by atomic mass is 16.5. The Labute approximate surface area is 107 Å². The van der Waals surface area contributed by atoms with Gasteiger partial charge < -0.3 is 15.0 Å². The maximum atomic E-state index is 6.06. The summed E-state index contributed by atoms with van der Waals surface area (Å²) in [6, 6.07) is 9.68. The smallest absolute Gasteiger partial charge is 0.119 e. The van der Waals surface area contributed by atoms with Crippen LogP contribution in [0.4, 0.5) is 0 Å². The first-order valence-corrected chi connectivity index (χ1v) is 6.23. The van der Waals surface area contributed by atoms with Crippen LogP contribution in [0, 0.1) is 0 Å². The fourth-order valence-corrected chi connectivity index (χ4v) is 1.83. The summed E-state index contributed by atoms with van der Waals surface area (Å²) in [6.45, 7) is 3.51. The van der Waals surface area contributed by atoms with Crippen molar-refractivity contribution in [1.29, 1.82) is 0 Å². The van der Waals surface area contributed by atoms with Crippen LogP contribution in [-0.2, 0) is 13.0 Å². The molecule has 4 nitrogen and oxygen atoms in total. The normalized spacial score (nSPS) is 12.3. The number of hydrogen-bond acceptors (Lipinski definition) is 3. The minimum atomic E-state index is -0.0436. The van der Waals surface area contributed by atoms with Gasteiger partial charge in [-0.3, -0.25) is 0 Å². The predicted molar refractivity (Wildman–Crippen MR) is 71.5 cm³/mol. The lowest BCUT2D eigenvalue weighted by Gasteiger charge is -2.13. The highest BCUT2D eigenvalue weighted by Crippen LogP contribution is 2.09. The number of rotatable bonds is 6. The molecule has 0 aliphatic rings. The van der Waals surface area contributed by atoms with Gasteiger partial charge >= 0.3 is 0 Å². The van der Waals surface area contributed by atoms with E-state index < -0.39 is 0 Å². The Morgan fingerprint density at radius 1 is 1.33 bits per heavy atom. The molecule has 0 saturated heterocycles. The fraction of sp³-hybridized carbons (Fsp3) is 0.357. The summed E-state index contributed by atoms with van der Waals surface area (Å²) in [5, 5.41) is 0. The molecule has 0 spiro atoms. The maximum Gasteiger partial charge on any atom is 0.119 e. The van der Waals surface area contributed by atoms with Gasteiger partial charge in [0.1, 0.15) is 18.2 Å². The molecular weight excluding hydrogens is 226 g/mol. The highest BCUT2D eigenvalue weighted by Gasteiger charge is 2.09. The van der Waals surface area contributed by atoms with Crippen LogP contribution in [0.1, 0.15) is 12.7 Å². The second-order valence-electron chi connectivity index (χ2n) is 4.22. The van der Waals surface area contributed by atoms with Crippen molar-refractivity contribution in [2.45, 2.75) is 25.9 Å². The van der Waals surface area contributed by atoms with Gasteiger partial charge in [0.05, 0.1) is 0 Å². The van der Waals surface area contributed by atoms with Crippen molar-refractivity contribution in [1.82, 2.24) is 9.55 Å². The van der Waals surface area contributed by atoms with Gasteiger partial charge in [-0.2, -0.15) is 0 Å². The van der Waals surface area contributed by atoms with Crippen molar-refractivity contribution in [3.8, 4) is 5.75 Å². The van der Waals surface area contributed by atoms with Gasteiger partial charge in [-0.05, 0) is 19.1 Å². The van der Waals surface area contributed by atoms with Gasteiger partial charge in [-0.25, -0.2) is 4.98 Å². The van der Waals surface area contributed by atoms with Crippen LogP contribution in [0.25, 0.3) is 0 Å². The van der Waals surface area contributed by atoms with Crippen molar-refractivity contribution in [2.24, 2.45) is 5.73 Å². The molecule has 1 aromatic heterocycles. The summed E-state index contributed by atoms with van der Waals surface area (Å²) < 4.78 is 7.73. The fourth-order valence-electron chi connectivity index (χ4n) is 1.83. The van der Waals surface area contributed by atoms with Crippen LogP contribution in [0.5, 0.6) is 5.75 Å². The van der Waals surface area contributed by atoms with Crippen molar-refractivity contribution >= 4 is 0 Å². The number of para-hydroxylation sites is 1. The van der Waals surface area contributed by atoms with E-state index >= 15 is 0 Å². The largest absolute Gasteiger partial charge is 0.492 e. The van der Waals surface area contributed by atoms with Gasteiger partial charge in [-0.1, -0.05) is 18.2 Å². The number of benzene rings is 1. The average molecular weight is 245 g/mol. The van der Waals surface area contributed by atoms with Crippen LogP contribution in [0.3, 0.4) is 0 Å². The molecule has 2 N–H and O–H groups in total. The van der Waals surface area contributed by atoms with Gasteiger partial charge in [0.2, 0.25) is 0 Å². The van der Waals surface area contributed by atoms with E-state index in [9.17, 15) is 0 Å². The van der Waals surface area contributed by atoms with E-state index in [1.807, 2.05) is 42.7 Å². The highest BCUT2D eigenvalue weighted by molar-refractivity contribution is 5.20. The van der Waals surface area contributed by atoms with Crippen LogP contribution in [0.15, 0.2) is 42.7 Å². The Hall–Kier alpha value is -1.81. The Balaban J connectivity index is 1.84. The summed E-state index contributed by atoms with van der Waals surface area (Å²) in [4.78, 5) is 4.31. The molecule has 0 amide bonds. The summed E-state index contributed by atoms with van der Waals surface area (Å²) in [5.74, 6) is 1.87. The summed E-state index contributed by atoms with van der Waals surface area (Å²) in [6.07, 6.45) is 4.51. The van der Waals surface area contributed by atoms with Gasteiger partial charge in [0.25, 0.3) is 0 Å². The number of ether oxygens (including phenoxy) is 1. The number of nitrogens with two attached hydrogens (primary N) is 1. The lowest BCUT2D eigenvalue weighted by molar-refractivity contribution is 0.285. The number of aryl methyl sites for hydroxylation is 1. The topological polar surface area (TPSA) is 53.1 Å². The maximum absolute atomic E-state index is 6.06. The van der Waals surface area contributed by atoms with Crippen LogP contribution >= 0.6 is 0 Å². The van der Waals surface area contributed by atoms with Crippen molar-refractivity contribution in [2.75, 3.05) is 6.61 Å². The third-order valence-electron chi connectivity index (χ3n) is 2.79. The zero-order valence-corrected chi connectivity index (χ0v) is 10.6.